The molecular formula is C26H29N5O2. The Balaban J connectivity index is 1.20. The van der Waals surface area contributed by atoms with E-state index in [0.717, 1.165) is 61.3 Å². The van der Waals surface area contributed by atoms with Gasteiger partial charge in [-0.3, -0.25) is 14.6 Å². The van der Waals surface area contributed by atoms with Gasteiger partial charge in [0, 0.05) is 61.1 Å². The Hall–Kier alpha value is -3.29. The number of fused-ring (bicyclic) bond motifs is 2. The summed E-state index contributed by atoms with van der Waals surface area (Å²) in [5.74, 6) is -0.0483. The topological polar surface area (TPSA) is 68.8 Å². The van der Waals surface area contributed by atoms with Gasteiger partial charge < -0.3 is 20.0 Å². The Morgan fingerprint density at radius 1 is 1.06 bits per heavy atom. The van der Waals surface area contributed by atoms with Gasteiger partial charge in [0.1, 0.15) is 0 Å². The van der Waals surface area contributed by atoms with Gasteiger partial charge in [-0.25, -0.2) is 0 Å². The molecule has 2 amide bonds. The predicted octanol–water partition coefficient (Wildman–Crippen LogP) is 3.36. The molecule has 3 heterocycles. The zero-order valence-electron chi connectivity index (χ0n) is 19.0. The summed E-state index contributed by atoms with van der Waals surface area (Å²) in [5.41, 5.74) is 4.06. The van der Waals surface area contributed by atoms with Crippen LogP contribution in [0.25, 0.3) is 10.9 Å². The molecule has 7 nitrogen and oxygen atoms in total. The number of piperazine rings is 1. The molecule has 3 aromatic rings. The molecule has 0 saturated carbocycles. The van der Waals surface area contributed by atoms with Gasteiger partial charge in [0.05, 0.1) is 12.1 Å². The fourth-order valence-corrected chi connectivity index (χ4v) is 4.58. The molecule has 1 fully saturated rings. The number of rotatable bonds is 6. The second-order valence-corrected chi connectivity index (χ2v) is 8.94. The Labute approximate surface area is 194 Å². The summed E-state index contributed by atoms with van der Waals surface area (Å²) < 4.78 is 0. The summed E-state index contributed by atoms with van der Waals surface area (Å²) in [6, 6.07) is 15.4. The third kappa shape index (κ3) is 4.74. The number of likely N-dealkylation sites (N-methyl/N-ethyl adjacent to an activating group) is 1. The third-order valence-electron chi connectivity index (χ3n) is 6.57. The second kappa shape index (κ2) is 9.29. The Kier molecular flexibility index (Phi) is 6.07. The SMILES string of the molecule is CN1CCN(CCCC(=O)Nc2ccc3c(c2)C(=O)N(c2ccc4ncccc4c2)C3)CC1. The molecule has 2 aliphatic heterocycles. The van der Waals surface area contributed by atoms with Crippen molar-refractivity contribution in [2.75, 3.05) is 50.0 Å². The van der Waals surface area contributed by atoms with Crippen LogP contribution in [0.1, 0.15) is 28.8 Å². The Bertz CT molecular complexity index is 1190. The van der Waals surface area contributed by atoms with Gasteiger partial charge >= 0.3 is 0 Å². The molecule has 1 N–H and O–H groups in total. The van der Waals surface area contributed by atoms with E-state index in [-0.39, 0.29) is 11.8 Å². The third-order valence-corrected chi connectivity index (χ3v) is 6.57. The van der Waals surface area contributed by atoms with E-state index in [1.807, 2.05) is 42.5 Å². The number of aromatic nitrogens is 1. The van der Waals surface area contributed by atoms with Crippen molar-refractivity contribution in [3.8, 4) is 0 Å². The van der Waals surface area contributed by atoms with Crippen LogP contribution in [0.4, 0.5) is 11.4 Å². The molecule has 0 atom stereocenters. The minimum absolute atomic E-state index is 0.00610. The van der Waals surface area contributed by atoms with Crippen LogP contribution in [0.2, 0.25) is 0 Å². The first kappa shape index (κ1) is 21.6. The van der Waals surface area contributed by atoms with Crippen molar-refractivity contribution in [3.05, 3.63) is 65.9 Å². The first-order valence-corrected chi connectivity index (χ1v) is 11.6. The van der Waals surface area contributed by atoms with Crippen molar-refractivity contribution < 1.29 is 9.59 Å². The highest BCUT2D eigenvalue weighted by atomic mass is 16.2. The number of nitrogens with zero attached hydrogens (tertiary/aromatic N) is 4. The monoisotopic (exact) mass is 443 g/mol. The molecule has 1 saturated heterocycles. The van der Waals surface area contributed by atoms with Crippen LogP contribution in [0.15, 0.2) is 54.7 Å². The number of hydrogen-bond donors (Lipinski definition) is 1. The number of carbonyl (C=O) groups excluding carboxylic acids is 2. The summed E-state index contributed by atoms with van der Waals surface area (Å²) in [6.45, 7) is 5.77. The minimum Gasteiger partial charge on any atom is -0.326 e. The molecule has 33 heavy (non-hydrogen) atoms. The van der Waals surface area contributed by atoms with Gasteiger partial charge in [-0.15, -0.1) is 0 Å². The standard InChI is InChI=1S/C26H29N5O2/c1-29-12-14-30(15-13-29)11-3-5-25(32)28-21-7-6-20-18-31(26(33)23(20)17-21)22-8-9-24-19(16-22)4-2-10-27-24/h2,4,6-10,16-17H,3,5,11-15,18H2,1H3,(H,28,32). The van der Waals surface area contributed by atoms with Crippen LogP contribution in [-0.2, 0) is 11.3 Å². The summed E-state index contributed by atoms with van der Waals surface area (Å²) >= 11 is 0. The summed E-state index contributed by atoms with van der Waals surface area (Å²) in [7, 11) is 2.14. The van der Waals surface area contributed by atoms with Crippen molar-refractivity contribution >= 4 is 34.1 Å². The molecule has 2 aliphatic rings. The molecular weight excluding hydrogens is 414 g/mol. The van der Waals surface area contributed by atoms with Crippen LogP contribution >= 0.6 is 0 Å². The molecule has 0 bridgehead atoms. The van der Waals surface area contributed by atoms with Crippen LogP contribution in [0.5, 0.6) is 0 Å². The number of nitrogens with one attached hydrogen (secondary N) is 1. The maximum atomic E-state index is 13.1. The van der Waals surface area contributed by atoms with E-state index < -0.39 is 0 Å². The summed E-state index contributed by atoms with van der Waals surface area (Å²) in [4.78, 5) is 36.5. The van der Waals surface area contributed by atoms with E-state index in [4.69, 9.17) is 0 Å². The van der Waals surface area contributed by atoms with Crippen molar-refractivity contribution in [1.29, 1.82) is 0 Å². The average Bonchev–Trinajstić information content (AvgIpc) is 3.16. The van der Waals surface area contributed by atoms with E-state index in [9.17, 15) is 9.59 Å². The first-order chi connectivity index (χ1) is 16.1. The maximum Gasteiger partial charge on any atom is 0.259 e. The zero-order chi connectivity index (χ0) is 22.8. The lowest BCUT2D eigenvalue weighted by molar-refractivity contribution is -0.116. The number of pyridine rings is 1. The number of hydrogen-bond acceptors (Lipinski definition) is 5. The number of amides is 2. The quantitative estimate of drug-likeness (QED) is 0.633. The van der Waals surface area contributed by atoms with Gasteiger partial charge in [-0.05, 0) is 62.0 Å². The lowest BCUT2D eigenvalue weighted by atomic mass is 10.1. The predicted molar refractivity (Wildman–Crippen MR) is 130 cm³/mol. The average molecular weight is 444 g/mol. The second-order valence-electron chi connectivity index (χ2n) is 8.94. The van der Waals surface area contributed by atoms with Crippen molar-refractivity contribution in [3.63, 3.8) is 0 Å². The van der Waals surface area contributed by atoms with Gasteiger partial charge in [0.2, 0.25) is 5.91 Å². The van der Waals surface area contributed by atoms with Gasteiger partial charge in [0.25, 0.3) is 5.91 Å². The molecule has 2 aromatic carbocycles. The number of benzene rings is 2. The molecule has 0 radical (unpaired) electrons. The summed E-state index contributed by atoms with van der Waals surface area (Å²) in [6.07, 6.45) is 3.08. The molecule has 0 unspecified atom stereocenters. The fraction of sp³-hybridized carbons (Fsp3) is 0.346. The van der Waals surface area contributed by atoms with E-state index in [2.05, 4.69) is 27.1 Å². The van der Waals surface area contributed by atoms with E-state index in [1.54, 1.807) is 17.2 Å². The number of carbonyl (C=O) groups is 2. The smallest absolute Gasteiger partial charge is 0.259 e. The van der Waals surface area contributed by atoms with Crippen LogP contribution in [0.3, 0.4) is 0 Å². The molecule has 0 spiro atoms. The van der Waals surface area contributed by atoms with E-state index in [0.29, 0.717) is 24.2 Å². The highest BCUT2D eigenvalue weighted by Crippen LogP contribution is 2.31. The van der Waals surface area contributed by atoms with Crippen LogP contribution < -0.4 is 10.2 Å². The first-order valence-electron chi connectivity index (χ1n) is 11.6. The Morgan fingerprint density at radius 2 is 1.91 bits per heavy atom. The molecule has 0 aliphatic carbocycles. The van der Waals surface area contributed by atoms with Gasteiger partial charge in [0.15, 0.2) is 0 Å². The fourth-order valence-electron chi connectivity index (χ4n) is 4.58. The van der Waals surface area contributed by atoms with Crippen molar-refractivity contribution in [1.82, 2.24) is 14.8 Å². The highest BCUT2D eigenvalue weighted by Gasteiger charge is 2.29. The molecule has 1 aromatic heterocycles. The number of anilines is 2. The zero-order valence-corrected chi connectivity index (χ0v) is 19.0. The molecule has 7 heteroatoms. The van der Waals surface area contributed by atoms with Crippen LogP contribution in [0, 0.1) is 0 Å². The van der Waals surface area contributed by atoms with E-state index in [1.165, 1.54) is 0 Å². The van der Waals surface area contributed by atoms with Crippen molar-refractivity contribution in [2.24, 2.45) is 0 Å². The largest absolute Gasteiger partial charge is 0.326 e. The Morgan fingerprint density at radius 3 is 2.76 bits per heavy atom. The van der Waals surface area contributed by atoms with E-state index >= 15 is 0 Å². The molecule has 5 rings (SSSR count). The normalized spacial score (nSPS) is 16.9. The summed E-state index contributed by atoms with van der Waals surface area (Å²) in [5, 5.41) is 3.97. The van der Waals surface area contributed by atoms with Gasteiger partial charge in [-0.1, -0.05) is 12.1 Å². The van der Waals surface area contributed by atoms with Crippen molar-refractivity contribution in [2.45, 2.75) is 19.4 Å². The minimum atomic E-state index is -0.0422. The lowest BCUT2D eigenvalue weighted by Gasteiger charge is -2.32. The van der Waals surface area contributed by atoms with Gasteiger partial charge in [-0.2, -0.15) is 0 Å². The molecule has 170 valence electrons. The van der Waals surface area contributed by atoms with Crippen LogP contribution in [-0.4, -0.2) is 66.4 Å². The highest BCUT2D eigenvalue weighted by molar-refractivity contribution is 6.11. The lowest BCUT2D eigenvalue weighted by Crippen LogP contribution is -2.44. The maximum absolute atomic E-state index is 13.1.